The zero-order valence-corrected chi connectivity index (χ0v) is 10.3. The Morgan fingerprint density at radius 2 is 2.06 bits per heavy atom. The zero-order valence-electron chi connectivity index (χ0n) is 8.67. The third-order valence-electron chi connectivity index (χ3n) is 1.92. The number of carboxylic acid groups (broad SMARTS) is 1. The number of hydrogen-bond acceptors (Lipinski definition) is 2. The summed E-state index contributed by atoms with van der Waals surface area (Å²) >= 11 is 2.75. The number of carboxylic acids is 1. The van der Waals surface area contributed by atoms with Crippen LogP contribution in [0.25, 0.3) is 0 Å². The monoisotopic (exact) mass is 330 g/mol. The van der Waals surface area contributed by atoms with Gasteiger partial charge in [-0.3, -0.25) is 0 Å². The summed E-state index contributed by atoms with van der Waals surface area (Å²) in [6, 6.07) is 2.62. The first kappa shape index (κ1) is 14.9. The fraction of sp³-hybridized carbons (Fsp3) is 0.300. The lowest BCUT2D eigenvalue weighted by Gasteiger charge is -2.20. The van der Waals surface area contributed by atoms with E-state index in [1.165, 1.54) is 0 Å². The zero-order chi connectivity index (χ0) is 13.9. The van der Waals surface area contributed by atoms with Crippen molar-refractivity contribution >= 4 is 21.9 Å². The molecule has 100 valence electrons. The topological polar surface area (TPSA) is 46.5 Å². The highest BCUT2D eigenvalue weighted by Crippen LogP contribution is 2.36. The fourth-order valence-corrected chi connectivity index (χ4v) is 1.61. The van der Waals surface area contributed by atoms with E-state index >= 15 is 0 Å². The molecular weight excluding hydrogens is 324 g/mol. The van der Waals surface area contributed by atoms with E-state index in [-0.39, 0.29) is 10.0 Å². The Bertz CT molecular complexity index is 447. The normalized spacial score (nSPS) is 13.4. The van der Waals surface area contributed by atoms with Crippen molar-refractivity contribution in [3.05, 3.63) is 34.1 Å². The first-order chi connectivity index (χ1) is 8.21. The van der Waals surface area contributed by atoms with Crippen molar-refractivity contribution in [2.75, 3.05) is 6.61 Å². The third-order valence-corrected chi connectivity index (χ3v) is 2.52. The minimum Gasteiger partial charge on any atom is -0.480 e. The van der Waals surface area contributed by atoms with Crippen LogP contribution in [0.1, 0.15) is 11.7 Å². The summed E-state index contributed by atoms with van der Waals surface area (Å²) in [4.78, 5) is 10.2. The van der Waals surface area contributed by atoms with Crippen molar-refractivity contribution in [2.24, 2.45) is 0 Å². The highest BCUT2D eigenvalue weighted by atomic mass is 79.9. The van der Waals surface area contributed by atoms with E-state index in [0.717, 1.165) is 18.2 Å². The van der Waals surface area contributed by atoms with Gasteiger partial charge >= 0.3 is 12.1 Å². The molecule has 1 aromatic rings. The van der Waals surface area contributed by atoms with Gasteiger partial charge in [-0.2, -0.15) is 13.2 Å². The summed E-state index contributed by atoms with van der Waals surface area (Å²) in [5.41, 5.74) is -0.378. The second-order valence-corrected chi connectivity index (χ2v) is 4.15. The van der Waals surface area contributed by atoms with Gasteiger partial charge < -0.3 is 9.84 Å². The summed E-state index contributed by atoms with van der Waals surface area (Å²) < 4.78 is 55.0. The number of ether oxygens (including phenoxy) is 1. The molecule has 3 nitrogen and oxygen atoms in total. The van der Waals surface area contributed by atoms with Gasteiger partial charge in [-0.25, -0.2) is 9.18 Å². The molecule has 18 heavy (non-hydrogen) atoms. The van der Waals surface area contributed by atoms with Crippen molar-refractivity contribution in [2.45, 2.75) is 12.3 Å². The Hall–Kier alpha value is -1.15. The quantitative estimate of drug-likeness (QED) is 0.862. The summed E-state index contributed by atoms with van der Waals surface area (Å²) in [6.07, 6.45) is -7.20. The molecule has 0 saturated carbocycles. The molecule has 0 bridgehead atoms. The van der Waals surface area contributed by atoms with Crippen LogP contribution in [-0.4, -0.2) is 23.9 Å². The van der Waals surface area contributed by atoms with Crippen LogP contribution >= 0.6 is 15.9 Å². The Morgan fingerprint density at radius 3 is 2.50 bits per heavy atom. The standard InChI is InChI=1S/C10H7BrF4O3/c11-6-3-5(1-2-7(6)12)9(10(13,14)15)18-4-8(16)17/h1-3,9H,4H2,(H,16,17). The maximum absolute atomic E-state index is 12.9. The van der Waals surface area contributed by atoms with E-state index in [2.05, 4.69) is 20.7 Å². The van der Waals surface area contributed by atoms with Gasteiger partial charge in [0.2, 0.25) is 0 Å². The number of aliphatic carboxylic acids is 1. The average Bonchev–Trinajstić information content (AvgIpc) is 2.21. The van der Waals surface area contributed by atoms with Crippen molar-refractivity contribution < 1.29 is 32.2 Å². The Kier molecular flexibility index (Phi) is 4.69. The molecule has 1 aromatic carbocycles. The van der Waals surface area contributed by atoms with Crippen molar-refractivity contribution in [3.63, 3.8) is 0 Å². The molecule has 8 heteroatoms. The largest absolute Gasteiger partial charge is 0.480 e. The van der Waals surface area contributed by atoms with Crippen molar-refractivity contribution in [1.29, 1.82) is 0 Å². The Labute approximate surface area is 107 Å². The molecule has 1 unspecified atom stereocenters. The molecule has 0 amide bonds. The highest BCUT2D eigenvalue weighted by Gasteiger charge is 2.42. The molecule has 0 aromatic heterocycles. The maximum Gasteiger partial charge on any atom is 0.418 e. The van der Waals surface area contributed by atoms with Gasteiger partial charge in [0, 0.05) is 0 Å². The maximum atomic E-state index is 12.9. The predicted molar refractivity (Wildman–Crippen MR) is 56.5 cm³/mol. The van der Waals surface area contributed by atoms with E-state index in [1.807, 2.05) is 0 Å². The van der Waals surface area contributed by atoms with E-state index in [4.69, 9.17) is 5.11 Å². The minimum absolute atomic E-state index is 0.159. The number of alkyl halides is 3. The van der Waals surface area contributed by atoms with E-state index < -0.39 is 30.7 Å². The average molecular weight is 331 g/mol. The fourth-order valence-electron chi connectivity index (χ4n) is 1.21. The van der Waals surface area contributed by atoms with Gasteiger partial charge in [0.1, 0.15) is 12.4 Å². The Morgan fingerprint density at radius 1 is 1.44 bits per heavy atom. The van der Waals surface area contributed by atoms with Gasteiger partial charge in [0.15, 0.2) is 6.10 Å². The van der Waals surface area contributed by atoms with E-state index in [9.17, 15) is 22.4 Å². The summed E-state index contributed by atoms with van der Waals surface area (Å²) in [5.74, 6) is -2.25. The summed E-state index contributed by atoms with van der Waals surface area (Å²) in [6.45, 7) is -1.10. The molecule has 0 aliphatic heterocycles. The number of rotatable bonds is 4. The molecule has 0 radical (unpaired) electrons. The summed E-state index contributed by atoms with van der Waals surface area (Å²) in [7, 11) is 0. The van der Waals surface area contributed by atoms with Crippen LogP contribution in [-0.2, 0) is 9.53 Å². The number of hydrogen-bond donors (Lipinski definition) is 1. The molecule has 0 heterocycles. The Balaban J connectivity index is 3.02. The lowest BCUT2D eigenvalue weighted by atomic mass is 10.1. The first-order valence-electron chi connectivity index (χ1n) is 4.57. The molecule has 0 spiro atoms. The van der Waals surface area contributed by atoms with Gasteiger partial charge in [-0.15, -0.1) is 0 Å². The van der Waals surface area contributed by atoms with E-state index in [0.29, 0.717) is 0 Å². The van der Waals surface area contributed by atoms with Crippen molar-refractivity contribution in [1.82, 2.24) is 0 Å². The molecule has 0 saturated heterocycles. The van der Waals surface area contributed by atoms with E-state index in [1.54, 1.807) is 0 Å². The van der Waals surface area contributed by atoms with Crippen LogP contribution in [0.4, 0.5) is 17.6 Å². The number of benzene rings is 1. The second kappa shape index (κ2) is 5.66. The van der Waals surface area contributed by atoms with Gasteiger partial charge in [-0.1, -0.05) is 6.07 Å². The first-order valence-corrected chi connectivity index (χ1v) is 5.36. The van der Waals surface area contributed by atoms with Crippen LogP contribution < -0.4 is 0 Å². The molecule has 1 rings (SSSR count). The second-order valence-electron chi connectivity index (χ2n) is 3.30. The predicted octanol–water partition coefficient (Wildman–Crippen LogP) is 3.29. The number of halogens is 5. The molecule has 0 aliphatic carbocycles. The van der Waals surface area contributed by atoms with Crippen LogP contribution in [0.15, 0.2) is 22.7 Å². The molecule has 0 aliphatic rings. The minimum atomic E-state index is -4.79. The lowest BCUT2D eigenvalue weighted by molar-refractivity contribution is -0.225. The smallest absolute Gasteiger partial charge is 0.418 e. The van der Waals surface area contributed by atoms with Crippen LogP contribution in [0, 0.1) is 5.82 Å². The van der Waals surface area contributed by atoms with Crippen molar-refractivity contribution in [3.8, 4) is 0 Å². The van der Waals surface area contributed by atoms with Gasteiger partial charge in [0.05, 0.1) is 4.47 Å². The SMILES string of the molecule is O=C(O)COC(c1ccc(F)c(Br)c1)C(F)(F)F. The van der Waals surface area contributed by atoms with Gasteiger partial charge in [0.25, 0.3) is 0 Å². The van der Waals surface area contributed by atoms with Crippen LogP contribution in [0.3, 0.4) is 0 Å². The lowest BCUT2D eigenvalue weighted by Crippen LogP contribution is -2.26. The number of carbonyl (C=O) groups is 1. The molecule has 1 N–H and O–H groups in total. The van der Waals surface area contributed by atoms with Gasteiger partial charge in [-0.05, 0) is 33.6 Å². The highest BCUT2D eigenvalue weighted by molar-refractivity contribution is 9.10. The molecule has 1 atom stereocenters. The van der Waals surface area contributed by atoms with Crippen LogP contribution in [0.2, 0.25) is 0 Å². The summed E-state index contributed by atoms with van der Waals surface area (Å²) in [5, 5.41) is 8.31. The molecular formula is C10H7BrF4O3. The van der Waals surface area contributed by atoms with Crippen LogP contribution in [0.5, 0.6) is 0 Å². The third kappa shape index (κ3) is 3.95. The molecule has 0 fully saturated rings.